The number of hydrogen-bond donors (Lipinski definition) is 1. The van der Waals surface area contributed by atoms with Crippen LogP contribution in [-0.2, 0) is 4.79 Å². The summed E-state index contributed by atoms with van der Waals surface area (Å²) in [5, 5.41) is 7.90. The average molecular weight is 321 g/mol. The molecule has 1 amide bonds. The molecule has 0 fully saturated rings. The Morgan fingerprint density at radius 1 is 1.36 bits per heavy atom. The van der Waals surface area contributed by atoms with Gasteiger partial charge in [0.2, 0.25) is 5.91 Å². The molecule has 0 saturated carbocycles. The lowest BCUT2D eigenvalue weighted by Gasteiger charge is -2.28. The fourth-order valence-electron chi connectivity index (χ4n) is 2.56. The van der Waals surface area contributed by atoms with Crippen molar-refractivity contribution in [2.75, 3.05) is 0 Å². The van der Waals surface area contributed by atoms with Crippen LogP contribution in [0, 0.1) is 0 Å². The standard InChI is InChI=1S/C16H21ClN4O/c1-3-4-5-15(13-6-8-14(17)9-7-13)16(20-12(2)22)21-11-18-10-19-21/h6-11,15-16H,3-5H2,1-2H3,(H,20,22). The normalized spacial score (nSPS) is 13.6. The summed E-state index contributed by atoms with van der Waals surface area (Å²) < 4.78 is 1.70. The number of aromatic nitrogens is 3. The van der Waals surface area contributed by atoms with Crippen molar-refractivity contribution >= 4 is 17.5 Å². The third-order valence-electron chi connectivity index (χ3n) is 3.62. The third kappa shape index (κ3) is 4.31. The van der Waals surface area contributed by atoms with Gasteiger partial charge in [0.05, 0.1) is 0 Å². The molecule has 1 N–H and O–H groups in total. The molecule has 0 aliphatic carbocycles. The number of hydrogen-bond acceptors (Lipinski definition) is 3. The van der Waals surface area contributed by atoms with Gasteiger partial charge in [-0.3, -0.25) is 4.79 Å². The third-order valence-corrected chi connectivity index (χ3v) is 3.87. The molecule has 0 radical (unpaired) electrons. The molecule has 1 heterocycles. The minimum atomic E-state index is -0.257. The van der Waals surface area contributed by atoms with E-state index in [1.807, 2.05) is 24.3 Å². The minimum Gasteiger partial charge on any atom is -0.334 e. The molecule has 2 rings (SSSR count). The van der Waals surface area contributed by atoms with Gasteiger partial charge in [0.15, 0.2) is 0 Å². The van der Waals surface area contributed by atoms with Crippen molar-refractivity contribution in [3.8, 4) is 0 Å². The number of nitrogens with zero attached hydrogens (tertiary/aromatic N) is 3. The van der Waals surface area contributed by atoms with Crippen LogP contribution in [0.4, 0.5) is 0 Å². The fraction of sp³-hybridized carbons (Fsp3) is 0.438. The summed E-state index contributed by atoms with van der Waals surface area (Å²) in [5.74, 6) is 0.0266. The van der Waals surface area contributed by atoms with Crippen LogP contribution in [0.15, 0.2) is 36.9 Å². The quantitative estimate of drug-likeness (QED) is 0.848. The Kier molecular flexibility index (Phi) is 5.95. The van der Waals surface area contributed by atoms with Gasteiger partial charge in [0.25, 0.3) is 0 Å². The highest BCUT2D eigenvalue weighted by atomic mass is 35.5. The maximum atomic E-state index is 11.6. The second kappa shape index (κ2) is 7.94. The predicted molar refractivity (Wildman–Crippen MR) is 86.6 cm³/mol. The maximum absolute atomic E-state index is 11.6. The van der Waals surface area contributed by atoms with Crippen LogP contribution in [0.3, 0.4) is 0 Å². The van der Waals surface area contributed by atoms with E-state index in [1.54, 1.807) is 11.0 Å². The van der Waals surface area contributed by atoms with Crippen LogP contribution in [0.5, 0.6) is 0 Å². The van der Waals surface area contributed by atoms with Crippen molar-refractivity contribution in [2.24, 2.45) is 0 Å². The van der Waals surface area contributed by atoms with Crippen molar-refractivity contribution < 1.29 is 4.79 Å². The zero-order chi connectivity index (χ0) is 15.9. The van der Waals surface area contributed by atoms with Crippen LogP contribution in [0.1, 0.15) is 50.8 Å². The number of nitrogens with one attached hydrogen (secondary N) is 1. The molecule has 1 aromatic heterocycles. The van der Waals surface area contributed by atoms with E-state index in [2.05, 4.69) is 22.3 Å². The molecule has 118 valence electrons. The molecule has 2 atom stereocenters. The van der Waals surface area contributed by atoms with Crippen molar-refractivity contribution in [1.29, 1.82) is 0 Å². The van der Waals surface area contributed by atoms with Crippen molar-refractivity contribution in [2.45, 2.75) is 45.2 Å². The smallest absolute Gasteiger partial charge is 0.218 e. The molecule has 2 unspecified atom stereocenters. The Hall–Kier alpha value is -1.88. The minimum absolute atomic E-state index is 0.0871. The largest absolute Gasteiger partial charge is 0.334 e. The van der Waals surface area contributed by atoms with Gasteiger partial charge in [-0.1, -0.05) is 43.5 Å². The lowest BCUT2D eigenvalue weighted by Crippen LogP contribution is -2.35. The molecule has 0 aliphatic heterocycles. The van der Waals surface area contributed by atoms with Gasteiger partial charge < -0.3 is 5.32 Å². The first-order valence-electron chi connectivity index (χ1n) is 7.48. The SMILES string of the molecule is CCCCC(c1ccc(Cl)cc1)C(NC(C)=O)n1cncn1. The summed E-state index contributed by atoms with van der Waals surface area (Å²) >= 11 is 5.99. The summed E-state index contributed by atoms with van der Waals surface area (Å²) in [6.07, 6.45) is 5.96. The van der Waals surface area contributed by atoms with Gasteiger partial charge in [0, 0.05) is 17.9 Å². The Morgan fingerprint density at radius 2 is 2.09 bits per heavy atom. The number of carbonyl (C=O) groups is 1. The highest BCUT2D eigenvalue weighted by Crippen LogP contribution is 2.32. The van der Waals surface area contributed by atoms with Crippen LogP contribution < -0.4 is 5.32 Å². The van der Waals surface area contributed by atoms with Crippen LogP contribution in [-0.4, -0.2) is 20.7 Å². The van der Waals surface area contributed by atoms with E-state index in [0.29, 0.717) is 5.02 Å². The molecule has 5 nitrogen and oxygen atoms in total. The van der Waals surface area contributed by atoms with E-state index in [-0.39, 0.29) is 18.0 Å². The van der Waals surface area contributed by atoms with Crippen molar-refractivity contribution in [3.63, 3.8) is 0 Å². The van der Waals surface area contributed by atoms with Gasteiger partial charge in [-0.15, -0.1) is 0 Å². The summed E-state index contributed by atoms with van der Waals surface area (Å²) in [6, 6.07) is 7.77. The van der Waals surface area contributed by atoms with Crippen LogP contribution in [0.2, 0.25) is 5.02 Å². The molecule has 2 aromatic rings. The first kappa shape index (κ1) is 16.5. The topological polar surface area (TPSA) is 59.8 Å². The predicted octanol–water partition coefficient (Wildman–Crippen LogP) is 3.54. The zero-order valence-electron chi connectivity index (χ0n) is 12.9. The van der Waals surface area contributed by atoms with Crippen molar-refractivity contribution in [3.05, 3.63) is 47.5 Å². The lowest BCUT2D eigenvalue weighted by molar-refractivity contribution is -0.120. The summed E-state index contributed by atoms with van der Waals surface area (Å²) in [4.78, 5) is 15.6. The first-order chi connectivity index (χ1) is 10.6. The molecule has 0 aliphatic rings. The number of amides is 1. The van der Waals surface area contributed by atoms with E-state index >= 15 is 0 Å². The van der Waals surface area contributed by atoms with E-state index < -0.39 is 0 Å². The summed E-state index contributed by atoms with van der Waals surface area (Å²) in [5.41, 5.74) is 1.13. The molecule has 6 heteroatoms. The molecule has 0 saturated heterocycles. The first-order valence-corrected chi connectivity index (χ1v) is 7.86. The second-order valence-corrected chi connectivity index (χ2v) is 5.76. The van der Waals surface area contributed by atoms with Gasteiger partial charge in [0.1, 0.15) is 18.8 Å². The number of benzene rings is 1. The Morgan fingerprint density at radius 3 is 2.64 bits per heavy atom. The summed E-state index contributed by atoms with van der Waals surface area (Å²) in [7, 11) is 0. The Balaban J connectivity index is 2.34. The van der Waals surface area contributed by atoms with E-state index in [4.69, 9.17) is 11.6 Å². The number of rotatable bonds is 7. The maximum Gasteiger partial charge on any atom is 0.218 e. The molecule has 0 bridgehead atoms. The van der Waals surface area contributed by atoms with Crippen LogP contribution in [0.25, 0.3) is 0 Å². The molecular formula is C16H21ClN4O. The van der Waals surface area contributed by atoms with Gasteiger partial charge in [-0.05, 0) is 24.1 Å². The highest BCUT2D eigenvalue weighted by Gasteiger charge is 2.25. The fourth-order valence-corrected chi connectivity index (χ4v) is 2.69. The van der Waals surface area contributed by atoms with Gasteiger partial charge in [-0.25, -0.2) is 9.67 Å². The molecule has 1 aromatic carbocycles. The molecular weight excluding hydrogens is 300 g/mol. The number of carbonyl (C=O) groups excluding carboxylic acids is 1. The Labute approximate surface area is 135 Å². The average Bonchev–Trinajstić information content (AvgIpc) is 3.01. The highest BCUT2D eigenvalue weighted by molar-refractivity contribution is 6.30. The zero-order valence-corrected chi connectivity index (χ0v) is 13.6. The number of halogens is 1. The second-order valence-electron chi connectivity index (χ2n) is 5.32. The van der Waals surface area contributed by atoms with Crippen LogP contribution >= 0.6 is 11.6 Å². The van der Waals surface area contributed by atoms with E-state index in [1.165, 1.54) is 13.3 Å². The molecule has 22 heavy (non-hydrogen) atoms. The van der Waals surface area contributed by atoms with Gasteiger partial charge in [-0.2, -0.15) is 5.10 Å². The van der Waals surface area contributed by atoms with E-state index in [0.717, 1.165) is 24.8 Å². The Bertz CT molecular complexity index is 583. The van der Waals surface area contributed by atoms with E-state index in [9.17, 15) is 4.79 Å². The monoisotopic (exact) mass is 320 g/mol. The van der Waals surface area contributed by atoms with Gasteiger partial charge >= 0.3 is 0 Å². The lowest BCUT2D eigenvalue weighted by atomic mass is 9.90. The number of unbranched alkanes of at least 4 members (excludes halogenated alkanes) is 1. The summed E-state index contributed by atoms with van der Waals surface area (Å²) in [6.45, 7) is 3.67. The molecule has 0 spiro atoms. The van der Waals surface area contributed by atoms with Crippen molar-refractivity contribution in [1.82, 2.24) is 20.1 Å².